The zero-order chi connectivity index (χ0) is 13.8. The van der Waals surface area contributed by atoms with Crippen molar-refractivity contribution in [2.24, 2.45) is 5.92 Å². The number of nitrogens with one attached hydrogen (secondary N) is 1. The molecule has 1 aliphatic heterocycles. The van der Waals surface area contributed by atoms with Crippen molar-refractivity contribution in [1.29, 1.82) is 0 Å². The second kappa shape index (κ2) is 6.59. The van der Waals surface area contributed by atoms with Crippen LogP contribution in [0, 0.1) is 5.92 Å². The molecule has 3 rings (SSSR count). The molecular weight excluding hydrogens is 248 g/mol. The van der Waals surface area contributed by atoms with Crippen molar-refractivity contribution in [3.63, 3.8) is 0 Å². The van der Waals surface area contributed by atoms with E-state index in [1.54, 1.807) is 7.11 Å². The minimum absolute atomic E-state index is 0.578. The van der Waals surface area contributed by atoms with Gasteiger partial charge in [0, 0.05) is 32.2 Å². The van der Waals surface area contributed by atoms with Crippen molar-refractivity contribution in [3.05, 3.63) is 29.8 Å². The van der Waals surface area contributed by atoms with Gasteiger partial charge in [-0.2, -0.15) is 0 Å². The molecule has 1 aromatic carbocycles. The molecule has 1 heterocycles. The molecule has 0 aromatic heterocycles. The van der Waals surface area contributed by atoms with Crippen molar-refractivity contribution in [1.82, 2.24) is 10.2 Å². The number of nitrogens with zero attached hydrogens (tertiary/aromatic N) is 1. The number of methoxy groups -OCH3 is 1. The highest BCUT2D eigenvalue weighted by Gasteiger charge is 2.31. The lowest BCUT2D eigenvalue weighted by atomic mass is 9.89. The Morgan fingerprint density at radius 3 is 2.65 bits per heavy atom. The molecule has 2 aliphatic rings. The van der Waals surface area contributed by atoms with E-state index in [1.807, 2.05) is 6.07 Å². The summed E-state index contributed by atoms with van der Waals surface area (Å²) < 4.78 is 5.42. The van der Waals surface area contributed by atoms with Crippen molar-refractivity contribution >= 4 is 0 Å². The van der Waals surface area contributed by atoms with E-state index in [4.69, 9.17) is 4.74 Å². The molecule has 1 N–H and O–H groups in total. The maximum atomic E-state index is 5.42. The molecule has 0 bridgehead atoms. The SMILES string of the molecule is COc1cccc([C@H](C2CCCC2)N2CCNCC2)c1. The molecule has 1 aliphatic carbocycles. The summed E-state index contributed by atoms with van der Waals surface area (Å²) in [5.74, 6) is 1.81. The summed E-state index contributed by atoms with van der Waals surface area (Å²) >= 11 is 0. The topological polar surface area (TPSA) is 24.5 Å². The summed E-state index contributed by atoms with van der Waals surface area (Å²) in [6.45, 7) is 4.57. The summed E-state index contributed by atoms with van der Waals surface area (Å²) in [5, 5.41) is 3.47. The Morgan fingerprint density at radius 1 is 1.20 bits per heavy atom. The van der Waals surface area contributed by atoms with Crippen LogP contribution in [0.25, 0.3) is 0 Å². The third-order valence-electron chi connectivity index (χ3n) is 4.83. The molecule has 1 saturated heterocycles. The van der Waals surface area contributed by atoms with Gasteiger partial charge in [0.15, 0.2) is 0 Å². The Kier molecular flexibility index (Phi) is 4.58. The second-order valence-corrected chi connectivity index (χ2v) is 6.05. The van der Waals surface area contributed by atoms with Crippen LogP contribution in [0.3, 0.4) is 0 Å². The van der Waals surface area contributed by atoms with E-state index in [-0.39, 0.29) is 0 Å². The molecule has 110 valence electrons. The number of hydrogen-bond acceptors (Lipinski definition) is 3. The van der Waals surface area contributed by atoms with E-state index in [0.717, 1.165) is 24.8 Å². The highest BCUT2D eigenvalue weighted by molar-refractivity contribution is 5.31. The van der Waals surface area contributed by atoms with E-state index >= 15 is 0 Å². The lowest BCUT2D eigenvalue weighted by Crippen LogP contribution is -2.46. The maximum absolute atomic E-state index is 5.42. The van der Waals surface area contributed by atoms with Gasteiger partial charge in [0.2, 0.25) is 0 Å². The lowest BCUT2D eigenvalue weighted by Gasteiger charge is -2.38. The van der Waals surface area contributed by atoms with E-state index in [2.05, 4.69) is 28.4 Å². The first-order chi connectivity index (χ1) is 9.88. The van der Waals surface area contributed by atoms with Crippen LogP contribution in [0.2, 0.25) is 0 Å². The van der Waals surface area contributed by atoms with Crippen LogP contribution in [0.1, 0.15) is 37.3 Å². The fourth-order valence-electron chi connectivity index (χ4n) is 3.84. The second-order valence-electron chi connectivity index (χ2n) is 6.05. The van der Waals surface area contributed by atoms with Crippen molar-refractivity contribution in [2.45, 2.75) is 31.7 Å². The van der Waals surface area contributed by atoms with E-state index in [0.29, 0.717) is 6.04 Å². The van der Waals surface area contributed by atoms with Gasteiger partial charge in [0.1, 0.15) is 5.75 Å². The van der Waals surface area contributed by atoms with Gasteiger partial charge in [-0.15, -0.1) is 0 Å². The number of rotatable bonds is 4. The molecule has 2 fully saturated rings. The van der Waals surface area contributed by atoms with Gasteiger partial charge < -0.3 is 10.1 Å². The summed E-state index contributed by atoms with van der Waals surface area (Å²) in [6, 6.07) is 9.29. The summed E-state index contributed by atoms with van der Waals surface area (Å²) in [4.78, 5) is 2.68. The van der Waals surface area contributed by atoms with Crippen LogP contribution in [0.5, 0.6) is 5.75 Å². The predicted octanol–water partition coefficient (Wildman–Crippen LogP) is 2.83. The Morgan fingerprint density at radius 2 is 1.95 bits per heavy atom. The standard InChI is InChI=1S/C17H26N2O/c1-20-16-8-4-7-15(13-16)17(14-5-2-3-6-14)19-11-9-18-10-12-19/h4,7-8,13-14,17-18H,2-3,5-6,9-12H2,1H3/t17-/m0/s1. The third-order valence-corrected chi connectivity index (χ3v) is 4.83. The van der Waals surface area contributed by atoms with Crippen molar-refractivity contribution < 1.29 is 4.74 Å². The van der Waals surface area contributed by atoms with Gasteiger partial charge in [0.05, 0.1) is 7.11 Å². The van der Waals surface area contributed by atoms with E-state index < -0.39 is 0 Å². The minimum atomic E-state index is 0.578. The Hall–Kier alpha value is -1.06. The molecule has 3 heteroatoms. The maximum Gasteiger partial charge on any atom is 0.119 e. The van der Waals surface area contributed by atoms with Gasteiger partial charge in [-0.3, -0.25) is 4.90 Å². The van der Waals surface area contributed by atoms with Crippen LogP contribution in [0.15, 0.2) is 24.3 Å². The number of piperazine rings is 1. The monoisotopic (exact) mass is 274 g/mol. The molecule has 0 spiro atoms. The van der Waals surface area contributed by atoms with Crippen molar-refractivity contribution in [2.75, 3.05) is 33.3 Å². The highest BCUT2D eigenvalue weighted by Crippen LogP contribution is 2.40. The van der Waals surface area contributed by atoms with Crippen LogP contribution in [-0.2, 0) is 0 Å². The van der Waals surface area contributed by atoms with Crippen LogP contribution >= 0.6 is 0 Å². The molecule has 0 amide bonds. The van der Waals surface area contributed by atoms with Crippen molar-refractivity contribution in [3.8, 4) is 5.75 Å². The average molecular weight is 274 g/mol. The summed E-state index contributed by atoms with van der Waals surface area (Å²) in [5.41, 5.74) is 1.44. The summed E-state index contributed by atoms with van der Waals surface area (Å²) in [7, 11) is 1.76. The first kappa shape index (κ1) is 13.9. The largest absolute Gasteiger partial charge is 0.497 e. The first-order valence-electron chi connectivity index (χ1n) is 7.97. The van der Waals surface area contributed by atoms with Gasteiger partial charge in [0.25, 0.3) is 0 Å². The molecule has 3 nitrogen and oxygen atoms in total. The Labute approximate surface area is 122 Å². The minimum Gasteiger partial charge on any atom is -0.497 e. The lowest BCUT2D eigenvalue weighted by molar-refractivity contribution is 0.125. The van der Waals surface area contributed by atoms with Gasteiger partial charge >= 0.3 is 0 Å². The fourth-order valence-corrected chi connectivity index (χ4v) is 3.84. The van der Waals surface area contributed by atoms with Gasteiger partial charge in [-0.25, -0.2) is 0 Å². The molecule has 20 heavy (non-hydrogen) atoms. The number of ether oxygens (including phenoxy) is 1. The third kappa shape index (κ3) is 2.99. The predicted molar refractivity (Wildman–Crippen MR) is 82.1 cm³/mol. The Bertz CT molecular complexity index is 423. The van der Waals surface area contributed by atoms with Gasteiger partial charge in [-0.1, -0.05) is 25.0 Å². The molecule has 0 radical (unpaired) electrons. The highest BCUT2D eigenvalue weighted by atomic mass is 16.5. The molecule has 0 unspecified atom stereocenters. The molecular formula is C17H26N2O. The number of benzene rings is 1. The summed E-state index contributed by atoms with van der Waals surface area (Å²) in [6.07, 6.45) is 5.56. The zero-order valence-corrected chi connectivity index (χ0v) is 12.5. The molecule has 1 atom stereocenters. The smallest absolute Gasteiger partial charge is 0.119 e. The van der Waals surface area contributed by atoms with Crippen LogP contribution < -0.4 is 10.1 Å². The zero-order valence-electron chi connectivity index (χ0n) is 12.5. The van der Waals surface area contributed by atoms with Crippen LogP contribution in [0.4, 0.5) is 0 Å². The number of hydrogen-bond donors (Lipinski definition) is 1. The quantitative estimate of drug-likeness (QED) is 0.913. The Balaban J connectivity index is 1.86. The van der Waals surface area contributed by atoms with E-state index in [9.17, 15) is 0 Å². The van der Waals surface area contributed by atoms with Gasteiger partial charge in [-0.05, 0) is 36.5 Å². The normalized spacial score (nSPS) is 22.9. The average Bonchev–Trinajstić information content (AvgIpc) is 3.03. The first-order valence-corrected chi connectivity index (χ1v) is 7.97. The van der Waals surface area contributed by atoms with E-state index in [1.165, 1.54) is 44.3 Å². The van der Waals surface area contributed by atoms with Crippen LogP contribution in [-0.4, -0.2) is 38.2 Å². The molecule has 1 saturated carbocycles. The molecule has 1 aromatic rings. The fraction of sp³-hybridized carbons (Fsp3) is 0.647.